The zero-order valence-corrected chi connectivity index (χ0v) is 16.2. The molecule has 0 spiro atoms. The summed E-state index contributed by atoms with van der Waals surface area (Å²) in [5.41, 5.74) is 3.19. The zero-order valence-electron chi connectivity index (χ0n) is 15.5. The van der Waals surface area contributed by atoms with Crippen molar-refractivity contribution < 1.29 is 4.79 Å². The summed E-state index contributed by atoms with van der Waals surface area (Å²) in [6.45, 7) is 3.09. The molecule has 0 unspecified atom stereocenters. The molecule has 0 aliphatic heterocycles. The molecule has 138 valence electrons. The van der Waals surface area contributed by atoms with Gasteiger partial charge in [-0.1, -0.05) is 72.3 Å². The fraction of sp³-hybridized carbons (Fsp3) is 0.182. The van der Waals surface area contributed by atoms with Crippen LogP contribution in [-0.4, -0.2) is 27.6 Å². The minimum Gasteiger partial charge on any atom is -0.336 e. The Bertz CT molecular complexity index is 933. The molecule has 5 heteroatoms. The van der Waals surface area contributed by atoms with Gasteiger partial charge in [-0.25, -0.2) is 0 Å². The average molecular weight is 380 g/mol. The Morgan fingerprint density at radius 2 is 1.74 bits per heavy atom. The average Bonchev–Trinajstić information content (AvgIpc) is 3.06. The largest absolute Gasteiger partial charge is 0.336 e. The van der Waals surface area contributed by atoms with E-state index >= 15 is 0 Å². The predicted molar refractivity (Wildman–Crippen MR) is 110 cm³/mol. The molecule has 1 aromatic heterocycles. The van der Waals surface area contributed by atoms with E-state index in [1.54, 1.807) is 22.8 Å². The van der Waals surface area contributed by atoms with E-state index in [9.17, 15) is 4.79 Å². The van der Waals surface area contributed by atoms with Crippen molar-refractivity contribution in [3.63, 3.8) is 0 Å². The minimum atomic E-state index is -0.0767. The smallest absolute Gasteiger partial charge is 0.254 e. The number of aryl methyl sites for hydroxylation is 1. The first-order chi connectivity index (χ1) is 13.1. The Morgan fingerprint density at radius 1 is 1.11 bits per heavy atom. The predicted octanol–water partition coefficient (Wildman–Crippen LogP) is 4.76. The number of benzene rings is 2. The van der Waals surface area contributed by atoms with Gasteiger partial charge in [-0.3, -0.25) is 9.48 Å². The quantitative estimate of drug-likeness (QED) is 0.457. The number of nitrogens with zero attached hydrogens (tertiary/aromatic N) is 3. The molecule has 3 aromatic rings. The lowest BCUT2D eigenvalue weighted by atomic mass is 10.0. The Morgan fingerprint density at radius 3 is 2.33 bits per heavy atom. The van der Waals surface area contributed by atoms with E-state index in [-0.39, 0.29) is 5.91 Å². The second kappa shape index (κ2) is 8.69. The van der Waals surface area contributed by atoms with Crippen LogP contribution in [0.4, 0.5) is 0 Å². The maximum absolute atomic E-state index is 13.2. The lowest BCUT2D eigenvalue weighted by Gasteiger charge is -2.19. The molecule has 0 aliphatic carbocycles. The fourth-order valence-corrected chi connectivity index (χ4v) is 3.02. The molecule has 3 rings (SSSR count). The third kappa shape index (κ3) is 4.66. The van der Waals surface area contributed by atoms with Gasteiger partial charge in [0.1, 0.15) is 5.69 Å². The number of carbonyl (C=O) groups excluding carboxylic acids is 1. The molecular formula is C22H22ClN3O. The van der Waals surface area contributed by atoms with Crippen LogP contribution >= 0.6 is 11.6 Å². The molecule has 27 heavy (non-hydrogen) atoms. The van der Waals surface area contributed by atoms with Gasteiger partial charge in [-0.15, -0.1) is 0 Å². The summed E-state index contributed by atoms with van der Waals surface area (Å²) in [6.07, 6.45) is 3.70. The van der Waals surface area contributed by atoms with Gasteiger partial charge >= 0.3 is 0 Å². The number of rotatable bonds is 6. The van der Waals surface area contributed by atoms with Crippen LogP contribution in [0, 0.1) is 0 Å². The van der Waals surface area contributed by atoms with Crippen molar-refractivity contribution in [3.05, 3.63) is 88.7 Å². The monoisotopic (exact) mass is 379 g/mol. The summed E-state index contributed by atoms with van der Waals surface area (Å²) in [6, 6.07) is 19.5. The van der Waals surface area contributed by atoms with Gasteiger partial charge in [-0.2, -0.15) is 5.10 Å². The number of halogens is 1. The van der Waals surface area contributed by atoms with E-state index in [0.29, 0.717) is 22.8 Å². The molecule has 0 N–H and O–H groups in total. The third-order valence-electron chi connectivity index (χ3n) is 4.27. The van der Waals surface area contributed by atoms with Crippen molar-refractivity contribution >= 4 is 29.2 Å². The molecule has 0 atom stereocenters. The summed E-state index contributed by atoms with van der Waals surface area (Å²) in [4.78, 5) is 14.9. The molecule has 0 radical (unpaired) electrons. The molecule has 2 aromatic carbocycles. The summed E-state index contributed by atoms with van der Waals surface area (Å²) < 4.78 is 1.77. The SMILES string of the molecule is CCn1cc(Cl)c(CN(C)C(=O)/C(=C\c2ccccc2)c2ccccc2)n1. The van der Waals surface area contributed by atoms with Crippen molar-refractivity contribution in [2.45, 2.75) is 20.0 Å². The van der Waals surface area contributed by atoms with E-state index in [0.717, 1.165) is 17.7 Å². The van der Waals surface area contributed by atoms with Crippen LogP contribution < -0.4 is 0 Å². The Labute approximate surface area is 164 Å². The lowest BCUT2D eigenvalue weighted by Crippen LogP contribution is -2.27. The van der Waals surface area contributed by atoms with Crippen LogP contribution in [-0.2, 0) is 17.9 Å². The van der Waals surface area contributed by atoms with Gasteiger partial charge in [0, 0.05) is 25.4 Å². The Kier molecular flexibility index (Phi) is 6.09. The van der Waals surface area contributed by atoms with Crippen LogP contribution in [0.25, 0.3) is 11.6 Å². The van der Waals surface area contributed by atoms with Crippen molar-refractivity contribution in [1.29, 1.82) is 0 Å². The van der Waals surface area contributed by atoms with Crippen LogP contribution in [0.5, 0.6) is 0 Å². The summed E-state index contributed by atoms with van der Waals surface area (Å²) >= 11 is 6.26. The number of hydrogen-bond donors (Lipinski definition) is 0. The number of aromatic nitrogens is 2. The van der Waals surface area contributed by atoms with Crippen LogP contribution in [0.15, 0.2) is 66.9 Å². The van der Waals surface area contributed by atoms with Gasteiger partial charge in [-0.05, 0) is 24.1 Å². The van der Waals surface area contributed by atoms with Crippen LogP contribution in [0.2, 0.25) is 5.02 Å². The van der Waals surface area contributed by atoms with E-state index in [1.807, 2.05) is 73.7 Å². The molecule has 0 fully saturated rings. The highest BCUT2D eigenvalue weighted by atomic mass is 35.5. The Balaban J connectivity index is 1.90. The maximum Gasteiger partial charge on any atom is 0.254 e. The van der Waals surface area contributed by atoms with Crippen LogP contribution in [0.1, 0.15) is 23.7 Å². The Hall–Kier alpha value is -2.85. The van der Waals surface area contributed by atoms with Gasteiger partial charge < -0.3 is 4.90 Å². The normalized spacial score (nSPS) is 11.4. The first kappa shape index (κ1) is 18.9. The second-order valence-corrected chi connectivity index (χ2v) is 6.68. The maximum atomic E-state index is 13.2. The van der Waals surface area contributed by atoms with Gasteiger partial charge in [0.2, 0.25) is 0 Å². The highest BCUT2D eigenvalue weighted by Gasteiger charge is 2.19. The molecule has 0 saturated carbocycles. The van der Waals surface area contributed by atoms with Crippen molar-refractivity contribution in [2.75, 3.05) is 7.05 Å². The van der Waals surface area contributed by atoms with E-state index in [1.165, 1.54) is 0 Å². The van der Waals surface area contributed by atoms with E-state index < -0.39 is 0 Å². The van der Waals surface area contributed by atoms with Crippen molar-refractivity contribution in [2.24, 2.45) is 0 Å². The minimum absolute atomic E-state index is 0.0767. The number of hydrogen-bond acceptors (Lipinski definition) is 2. The lowest BCUT2D eigenvalue weighted by molar-refractivity contribution is -0.124. The topological polar surface area (TPSA) is 38.1 Å². The fourth-order valence-electron chi connectivity index (χ4n) is 2.81. The molecule has 0 saturated heterocycles. The van der Waals surface area contributed by atoms with Gasteiger partial charge in [0.05, 0.1) is 11.6 Å². The highest BCUT2D eigenvalue weighted by Crippen LogP contribution is 2.22. The van der Waals surface area contributed by atoms with E-state index in [4.69, 9.17) is 11.6 Å². The number of carbonyl (C=O) groups is 1. The molecule has 0 bridgehead atoms. The zero-order chi connectivity index (χ0) is 19.2. The highest BCUT2D eigenvalue weighted by molar-refractivity contribution is 6.31. The first-order valence-corrected chi connectivity index (χ1v) is 9.25. The summed E-state index contributed by atoms with van der Waals surface area (Å²) in [5.74, 6) is -0.0767. The molecule has 4 nitrogen and oxygen atoms in total. The standard InChI is InChI=1S/C22H22ClN3O/c1-3-26-15-20(23)21(24-26)16-25(2)22(27)19(18-12-8-5-9-13-18)14-17-10-6-4-7-11-17/h4-15H,3,16H2,1-2H3/b19-14-. The van der Waals surface area contributed by atoms with Crippen molar-refractivity contribution in [1.82, 2.24) is 14.7 Å². The second-order valence-electron chi connectivity index (χ2n) is 6.28. The van der Waals surface area contributed by atoms with Crippen LogP contribution in [0.3, 0.4) is 0 Å². The number of likely N-dealkylation sites (N-methyl/N-ethyl adjacent to an activating group) is 1. The number of amides is 1. The summed E-state index contributed by atoms with van der Waals surface area (Å²) in [5, 5.41) is 5.01. The summed E-state index contributed by atoms with van der Waals surface area (Å²) in [7, 11) is 1.77. The molecule has 1 heterocycles. The molecular weight excluding hydrogens is 358 g/mol. The first-order valence-electron chi connectivity index (χ1n) is 8.88. The van der Waals surface area contributed by atoms with Gasteiger partial charge in [0.25, 0.3) is 5.91 Å². The molecule has 0 aliphatic rings. The van der Waals surface area contributed by atoms with E-state index in [2.05, 4.69) is 5.10 Å². The molecule has 1 amide bonds. The van der Waals surface area contributed by atoms with Crippen molar-refractivity contribution in [3.8, 4) is 0 Å². The van der Waals surface area contributed by atoms with Gasteiger partial charge in [0.15, 0.2) is 0 Å². The third-order valence-corrected chi connectivity index (χ3v) is 4.59.